The second-order valence-electron chi connectivity index (χ2n) is 3.25. The molecule has 15 heavy (non-hydrogen) atoms. The summed E-state index contributed by atoms with van der Waals surface area (Å²) in [6.45, 7) is 1.68. The zero-order valence-corrected chi connectivity index (χ0v) is 8.12. The summed E-state index contributed by atoms with van der Waals surface area (Å²) in [6, 6.07) is 6.04. The van der Waals surface area contributed by atoms with Crippen molar-refractivity contribution in [3.05, 3.63) is 52.2 Å². The average Bonchev–Trinajstić information content (AvgIpc) is 2.22. The molecule has 1 aromatic heterocycles. The summed E-state index contributed by atoms with van der Waals surface area (Å²) in [5, 5.41) is 0. The first-order chi connectivity index (χ1) is 7.16. The molecule has 76 valence electrons. The van der Waals surface area contributed by atoms with Crippen molar-refractivity contribution in [3.8, 4) is 11.4 Å². The third-order valence-electron chi connectivity index (χ3n) is 2.12. The Labute approximate surface area is 85.6 Å². The van der Waals surface area contributed by atoms with Gasteiger partial charge in [0.25, 0.3) is 5.56 Å². The van der Waals surface area contributed by atoms with Gasteiger partial charge in [-0.05, 0) is 18.6 Å². The predicted molar refractivity (Wildman–Crippen MR) is 55.0 cm³/mol. The second-order valence-corrected chi connectivity index (χ2v) is 3.25. The van der Waals surface area contributed by atoms with Crippen molar-refractivity contribution in [3.63, 3.8) is 0 Å². The fourth-order valence-corrected chi connectivity index (χ4v) is 1.26. The van der Waals surface area contributed by atoms with Crippen LogP contribution in [0.1, 0.15) is 5.56 Å². The molecule has 1 heterocycles. The zero-order chi connectivity index (χ0) is 10.8. The maximum atomic E-state index is 13.2. The molecule has 1 N–H and O–H groups in total. The van der Waals surface area contributed by atoms with E-state index in [0.717, 1.165) is 0 Å². The van der Waals surface area contributed by atoms with Crippen LogP contribution in [0.5, 0.6) is 0 Å². The summed E-state index contributed by atoms with van der Waals surface area (Å²) in [7, 11) is 0. The lowest BCUT2D eigenvalue weighted by Crippen LogP contribution is -2.05. The number of hydrogen-bond acceptors (Lipinski definition) is 2. The molecule has 0 aliphatic heterocycles. The van der Waals surface area contributed by atoms with Crippen molar-refractivity contribution in [2.24, 2.45) is 0 Å². The zero-order valence-electron chi connectivity index (χ0n) is 8.12. The van der Waals surface area contributed by atoms with E-state index in [-0.39, 0.29) is 11.4 Å². The van der Waals surface area contributed by atoms with Crippen LogP contribution in [0, 0.1) is 12.7 Å². The van der Waals surface area contributed by atoms with Gasteiger partial charge >= 0.3 is 0 Å². The highest BCUT2D eigenvalue weighted by atomic mass is 19.1. The number of halogens is 1. The fraction of sp³-hybridized carbons (Fsp3) is 0.0909. The van der Waals surface area contributed by atoms with Crippen LogP contribution in [0.3, 0.4) is 0 Å². The Kier molecular flexibility index (Phi) is 2.33. The van der Waals surface area contributed by atoms with Crippen molar-refractivity contribution in [2.45, 2.75) is 6.92 Å². The van der Waals surface area contributed by atoms with Gasteiger partial charge in [0, 0.05) is 17.8 Å². The van der Waals surface area contributed by atoms with Gasteiger partial charge < -0.3 is 4.98 Å². The minimum Gasteiger partial charge on any atom is -0.307 e. The van der Waals surface area contributed by atoms with E-state index in [1.807, 2.05) is 0 Å². The van der Waals surface area contributed by atoms with E-state index >= 15 is 0 Å². The van der Waals surface area contributed by atoms with Crippen molar-refractivity contribution >= 4 is 0 Å². The van der Waals surface area contributed by atoms with Gasteiger partial charge in [-0.15, -0.1) is 0 Å². The van der Waals surface area contributed by atoms with Crippen LogP contribution in [0.25, 0.3) is 11.4 Å². The van der Waals surface area contributed by atoms with Gasteiger partial charge in [0.05, 0.1) is 0 Å². The normalized spacial score (nSPS) is 10.3. The molecule has 0 aliphatic carbocycles. The smallest absolute Gasteiger partial charge is 0.251 e. The van der Waals surface area contributed by atoms with Crippen LogP contribution in [-0.2, 0) is 0 Å². The highest BCUT2D eigenvalue weighted by molar-refractivity contribution is 5.55. The van der Waals surface area contributed by atoms with Crippen LogP contribution in [0.15, 0.2) is 35.3 Å². The van der Waals surface area contributed by atoms with Gasteiger partial charge in [-0.2, -0.15) is 0 Å². The number of rotatable bonds is 1. The molecule has 4 heteroatoms. The molecule has 2 rings (SSSR count). The van der Waals surface area contributed by atoms with Gasteiger partial charge in [0.1, 0.15) is 11.6 Å². The molecule has 0 bridgehead atoms. The topological polar surface area (TPSA) is 45.8 Å². The Morgan fingerprint density at radius 1 is 1.33 bits per heavy atom. The summed E-state index contributed by atoms with van der Waals surface area (Å²) in [4.78, 5) is 17.5. The van der Waals surface area contributed by atoms with Gasteiger partial charge in [-0.25, -0.2) is 9.37 Å². The number of hydrogen-bond donors (Lipinski definition) is 1. The lowest BCUT2D eigenvalue weighted by Gasteiger charge is -2.01. The van der Waals surface area contributed by atoms with Crippen LogP contribution in [0.4, 0.5) is 4.39 Å². The molecule has 0 unspecified atom stereocenters. The molecule has 3 nitrogen and oxygen atoms in total. The van der Waals surface area contributed by atoms with Crippen LogP contribution >= 0.6 is 0 Å². The number of aromatic nitrogens is 2. The molecule has 1 aromatic carbocycles. The molecule has 0 spiro atoms. The lowest BCUT2D eigenvalue weighted by molar-refractivity contribution is 0.619. The molecule has 2 aromatic rings. The second kappa shape index (κ2) is 3.65. The summed E-state index contributed by atoms with van der Waals surface area (Å²) in [6.07, 6.45) is 1.39. The third-order valence-corrected chi connectivity index (χ3v) is 2.12. The summed E-state index contributed by atoms with van der Waals surface area (Å²) >= 11 is 0. The predicted octanol–water partition coefficient (Wildman–Crippen LogP) is 1.88. The minimum atomic E-state index is -0.306. The monoisotopic (exact) mass is 204 g/mol. The van der Waals surface area contributed by atoms with Crippen molar-refractivity contribution in [1.29, 1.82) is 0 Å². The van der Waals surface area contributed by atoms with E-state index in [4.69, 9.17) is 0 Å². The summed E-state index contributed by atoms with van der Waals surface area (Å²) < 4.78 is 13.2. The van der Waals surface area contributed by atoms with E-state index in [1.165, 1.54) is 18.3 Å². The van der Waals surface area contributed by atoms with E-state index in [0.29, 0.717) is 17.0 Å². The lowest BCUT2D eigenvalue weighted by atomic mass is 10.1. The van der Waals surface area contributed by atoms with Gasteiger partial charge in [0.15, 0.2) is 0 Å². The molecule has 0 saturated heterocycles. The van der Waals surface area contributed by atoms with E-state index in [1.54, 1.807) is 19.1 Å². The van der Waals surface area contributed by atoms with E-state index in [9.17, 15) is 9.18 Å². The van der Waals surface area contributed by atoms with E-state index < -0.39 is 0 Å². The third kappa shape index (κ3) is 1.93. The first-order valence-electron chi connectivity index (χ1n) is 4.48. The number of benzene rings is 1. The quantitative estimate of drug-likeness (QED) is 0.770. The Hall–Kier alpha value is -1.97. The number of nitrogens with one attached hydrogen (secondary N) is 1. The molecule has 0 amide bonds. The number of aromatic amines is 1. The van der Waals surface area contributed by atoms with Gasteiger partial charge in [-0.3, -0.25) is 4.79 Å². The Morgan fingerprint density at radius 3 is 2.80 bits per heavy atom. The highest BCUT2D eigenvalue weighted by Gasteiger charge is 2.03. The Bertz CT molecular complexity index is 548. The minimum absolute atomic E-state index is 0.249. The van der Waals surface area contributed by atoms with Crippen LogP contribution in [-0.4, -0.2) is 9.97 Å². The van der Waals surface area contributed by atoms with Crippen molar-refractivity contribution in [2.75, 3.05) is 0 Å². The first-order valence-corrected chi connectivity index (χ1v) is 4.48. The highest BCUT2D eigenvalue weighted by Crippen LogP contribution is 2.16. The van der Waals surface area contributed by atoms with Crippen LogP contribution in [0.2, 0.25) is 0 Å². The number of H-pyrrole nitrogens is 1. The SMILES string of the molecule is Cc1ccc(-c2nccc(=O)[nH]2)cc1F. The molecule has 0 aliphatic rings. The maximum absolute atomic E-state index is 13.2. The Balaban J connectivity index is 2.55. The average molecular weight is 204 g/mol. The Morgan fingerprint density at radius 2 is 2.13 bits per heavy atom. The largest absolute Gasteiger partial charge is 0.307 e. The molecule has 0 radical (unpaired) electrons. The summed E-state index contributed by atoms with van der Waals surface area (Å²) in [5.41, 5.74) is 0.883. The fourth-order valence-electron chi connectivity index (χ4n) is 1.26. The van der Waals surface area contributed by atoms with Crippen molar-refractivity contribution < 1.29 is 4.39 Å². The molecule has 0 fully saturated rings. The number of nitrogens with zero attached hydrogens (tertiary/aromatic N) is 1. The molecule has 0 saturated carbocycles. The maximum Gasteiger partial charge on any atom is 0.251 e. The van der Waals surface area contributed by atoms with Crippen molar-refractivity contribution in [1.82, 2.24) is 9.97 Å². The summed E-state index contributed by atoms with van der Waals surface area (Å²) in [5.74, 6) is 0.0698. The molecular formula is C11H9FN2O. The first kappa shape index (κ1) is 9.58. The van der Waals surface area contributed by atoms with E-state index in [2.05, 4.69) is 9.97 Å². The molecule has 0 atom stereocenters. The van der Waals surface area contributed by atoms with Gasteiger partial charge in [-0.1, -0.05) is 12.1 Å². The molecular weight excluding hydrogens is 195 g/mol. The van der Waals surface area contributed by atoms with Gasteiger partial charge in [0.2, 0.25) is 0 Å². The van der Waals surface area contributed by atoms with Crippen LogP contribution < -0.4 is 5.56 Å². The standard InChI is InChI=1S/C11H9FN2O/c1-7-2-3-8(6-9(7)12)11-13-5-4-10(15)14-11/h2-6H,1H3,(H,13,14,15). The number of aryl methyl sites for hydroxylation is 1.